The number of rotatable bonds is 7. The van der Waals surface area contributed by atoms with E-state index in [0.717, 1.165) is 30.4 Å². The summed E-state index contributed by atoms with van der Waals surface area (Å²) in [4.78, 5) is 26.6. The molecule has 2 aromatic carbocycles. The van der Waals surface area contributed by atoms with E-state index in [0.29, 0.717) is 23.4 Å². The van der Waals surface area contributed by atoms with Crippen molar-refractivity contribution in [1.82, 2.24) is 4.90 Å². The van der Waals surface area contributed by atoms with Crippen LogP contribution in [0.15, 0.2) is 54.6 Å². The first-order valence-corrected chi connectivity index (χ1v) is 9.61. The highest BCUT2D eigenvalue weighted by Gasteiger charge is 2.25. The van der Waals surface area contributed by atoms with Crippen LogP contribution >= 0.6 is 0 Å². The minimum absolute atomic E-state index is 0.0120. The highest BCUT2D eigenvalue weighted by Crippen LogP contribution is 2.32. The number of hydrogen-bond acceptors (Lipinski definition) is 3. The minimum Gasteiger partial charge on any atom is -0.496 e. The third kappa shape index (κ3) is 4.09. The van der Waals surface area contributed by atoms with E-state index >= 15 is 0 Å². The molecule has 0 fully saturated rings. The quantitative estimate of drug-likeness (QED) is 0.739. The number of nitrogens with two attached hydrogens (primary N) is 1. The van der Waals surface area contributed by atoms with Crippen molar-refractivity contribution in [2.75, 3.05) is 13.7 Å². The Bertz CT molecular complexity index is 904. The number of carbonyl (C=O) groups excluding carboxylic acids is 2. The fourth-order valence-electron chi connectivity index (χ4n) is 3.54. The molecule has 0 aliphatic carbocycles. The summed E-state index contributed by atoms with van der Waals surface area (Å²) in [5.41, 5.74) is 7.98. The van der Waals surface area contributed by atoms with E-state index < -0.39 is 5.91 Å². The molecule has 2 N–H and O–H groups in total. The number of primary amides is 1. The van der Waals surface area contributed by atoms with E-state index in [9.17, 15) is 9.59 Å². The van der Waals surface area contributed by atoms with E-state index in [1.807, 2.05) is 29.2 Å². The summed E-state index contributed by atoms with van der Waals surface area (Å²) in [6, 6.07) is 12.6. The van der Waals surface area contributed by atoms with Crippen molar-refractivity contribution in [2.45, 2.75) is 32.2 Å². The standard InChI is InChI=1S/C23H26N2O3/c1-3-4-9-19-10-6-13-25(19)23(27)18-8-5-7-16(14-18)20-15-17(22(24)26)11-12-21(20)28-2/h5-8,10-12,14-15,19H,3-4,9,13H2,1-2H3,(H2,24,26)/t19-/m1/s1. The summed E-state index contributed by atoms with van der Waals surface area (Å²) in [6.45, 7) is 2.79. The molecule has 0 aromatic heterocycles. The fourth-order valence-corrected chi connectivity index (χ4v) is 3.54. The number of hydrogen-bond donors (Lipinski definition) is 1. The van der Waals surface area contributed by atoms with Gasteiger partial charge in [0.05, 0.1) is 13.2 Å². The molecule has 1 atom stereocenters. The Morgan fingerprint density at radius 1 is 1.18 bits per heavy atom. The lowest BCUT2D eigenvalue weighted by molar-refractivity contribution is 0.0743. The van der Waals surface area contributed by atoms with Gasteiger partial charge in [0.1, 0.15) is 5.75 Å². The molecule has 3 rings (SSSR count). The van der Waals surface area contributed by atoms with Gasteiger partial charge in [0, 0.05) is 23.2 Å². The van der Waals surface area contributed by atoms with Gasteiger partial charge in [-0.25, -0.2) is 0 Å². The summed E-state index contributed by atoms with van der Waals surface area (Å²) in [7, 11) is 1.58. The Kier molecular flexibility index (Phi) is 6.14. The maximum atomic E-state index is 13.1. The first-order valence-electron chi connectivity index (χ1n) is 9.61. The second kappa shape index (κ2) is 8.74. The van der Waals surface area contributed by atoms with E-state index in [1.165, 1.54) is 0 Å². The molecule has 2 aromatic rings. The van der Waals surface area contributed by atoms with Gasteiger partial charge in [0.15, 0.2) is 0 Å². The Labute approximate surface area is 165 Å². The first-order chi connectivity index (χ1) is 13.5. The minimum atomic E-state index is -0.502. The molecule has 1 heterocycles. The average molecular weight is 378 g/mol. The zero-order valence-corrected chi connectivity index (χ0v) is 16.4. The van der Waals surface area contributed by atoms with Crippen LogP contribution < -0.4 is 10.5 Å². The Hall–Kier alpha value is -3.08. The van der Waals surface area contributed by atoms with Gasteiger partial charge in [0.2, 0.25) is 5.91 Å². The van der Waals surface area contributed by atoms with Crippen LogP contribution in [0.4, 0.5) is 0 Å². The third-order valence-corrected chi connectivity index (χ3v) is 5.08. The van der Waals surface area contributed by atoms with Crippen LogP contribution in [0.3, 0.4) is 0 Å². The van der Waals surface area contributed by atoms with Crippen LogP contribution in [0, 0.1) is 0 Å². The Balaban J connectivity index is 1.92. The number of nitrogens with zero attached hydrogens (tertiary/aromatic N) is 1. The lowest BCUT2D eigenvalue weighted by atomic mass is 9.99. The molecule has 5 nitrogen and oxygen atoms in total. The van der Waals surface area contributed by atoms with Crippen molar-refractivity contribution in [2.24, 2.45) is 5.73 Å². The lowest BCUT2D eigenvalue weighted by Gasteiger charge is -2.25. The molecule has 0 radical (unpaired) electrons. The van der Waals surface area contributed by atoms with Crippen molar-refractivity contribution >= 4 is 11.8 Å². The van der Waals surface area contributed by atoms with Crippen LogP contribution in [0.5, 0.6) is 5.75 Å². The zero-order chi connectivity index (χ0) is 20.1. The van der Waals surface area contributed by atoms with Gasteiger partial charge in [0.25, 0.3) is 5.91 Å². The van der Waals surface area contributed by atoms with Crippen molar-refractivity contribution in [3.05, 3.63) is 65.7 Å². The monoisotopic (exact) mass is 378 g/mol. The van der Waals surface area contributed by atoms with E-state index in [-0.39, 0.29) is 11.9 Å². The summed E-state index contributed by atoms with van der Waals surface area (Å²) in [5.74, 6) is 0.134. The van der Waals surface area contributed by atoms with E-state index in [4.69, 9.17) is 10.5 Å². The second-order valence-electron chi connectivity index (χ2n) is 6.96. The van der Waals surface area contributed by atoms with E-state index in [1.54, 1.807) is 25.3 Å². The molecule has 0 unspecified atom stereocenters. The molecular weight excluding hydrogens is 352 g/mol. The van der Waals surface area contributed by atoms with Gasteiger partial charge in [-0.1, -0.05) is 44.1 Å². The highest BCUT2D eigenvalue weighted by molar-refractivity contribution is 5.97. The second-order valence-corrected chi connectivity index (χ2v) is 6.96. The molecule has 146 valence electrons. The maximum Gasteiger partial charge on any atom is 0.254 e. The predicted molar refractivity (Wildman–Crippen MR) is 110 cm³/mol. The number of ether oxygens (including phenoxy) is 1. The SMILES string of the molecule is CCCC[C@@H]1C=CCN1C(=O)c1cccc(-c2cc(C(N)=O)ccc2OC)c1. The predicted octanol–water partition coefficient (Wildman–Crippen LogP) is 4.03. The van der Waals surface area contributed by atoms with Crippen molar-refractivity contribution in [1.29, 1.82) is 0 Å². The summed E-state index contributed by atoms with van der Waals surface area (Å²) in [6.07, 6.45) is 7.36. The largest absolute Gasteiger partial charge is 0.496 e. The molecule has 5 heteroatoms. The van der Waals surface area contributed by atoms with Gasteiger partial charge >= 0.3 is 0 Å². The molecule has 0 saturated carbocycles. The van der Waals surface area contributed by atoms with E-state index in [2.05, 4.69) is 19.1 Å². The number of benzene rings is 2. The lowest BCUT2D eigenvalue weighted by Crippen LogP contribution is -2.36. The topological polar surface area (TPSA) is 72.6 Å². The summed E-state index contributed by atoms with van der Waals surface area (Å²) < 4.78 is 5.44. The van der Waals surface area contributed by atoms with Crippen LogP contribution in [-0.4, -0.2) is 36.4 Å². The molecule has 2 amide bonds. The highest BCUT2D eigenvalue weighted by atomic mass is 16.5. The number of unbranched alkanes of at least 4 members (excludes halogenated alkanes) is 1. The molecule has 0 bridgehead atoms. The molecule has 28 heavy (non-hydrogen) atoms. The van der Waals surface area contributed by atoms with Gasteiger partial charge in [-0.05, 0) is 42.3 Å². The molecule has 1 aliphatic rings. The molecular formula is C23H26N2O3. The number of methoxy groups -OCH3 is 1. The van der Waals surface area contributed by atoms with Gasteiger partial charge in [-0.15, -0.1) is 0 Å². The fraction of sp³-hybridized carbons (Fsp3) is 0.304. The van der Waals surface area contributed by atoms with Crippen molar-refractivity contribution in [3.8, 4) is 16.9 Å². The summed E-state index contributed by atoms with van der Waals surface area (Å²) in [5, 5.41) is 0. The Morgan fingerprint density at radius 2 is 2.00 bits per heavy atom. The van der Waals surface area contributed by atoms with Crippen LogP contribution in [-0.2, 0) is 0 Å². The molecule has 1 aliphatic heterocycles. The van der Waals surface area contributed by atoms with Crippen LogP contribution in [0.2, 0.25) is 0 Å². The molecule has 0 spiro atoms. The molecule has 0 saturated heterocycles. The zero-order valence-electron chi connectivity index (χ0n) is 16.4. The third-order valence-electron chi connectivity index (χ3n) is 5.08. The van der Waals surface area contributed by atoms with Crippen molar-refractivity contribution in [3.63, 3.8) is 0 Å². The number of carbonyl (C=O) groups is 2. The van der Waals surface area contributed by atoms with Gasteiger partial charge in [-0.2, -0.15) is 0 Å². The number of amides is 2. The maximum absolute atomic E-state index is 13.1. The normalized spacial score (nSPS) is 15.6. The van der Waals surface area contributed by atoms with Crippen LogP contribution in [0.1, 0.15) is 46.9 Å². The Morgan fingerprint density at radius 3 is 2.71 bits per heavy atom. The van der Waals surface area contributed by atoms with Gasteiger partial charge < -0.3 is 15.4 Å². The van der Waals surface area contributed by atoms with Crippen LogP contribution in [0.25, 0.3) is 11.1 Å². The smallest absolute Gasteiger partial charge is 0.254 e. The first kappa shape index (κ1) is 19.7. The van der Waals surface area contributed by atoms with Gasteiger partial charge in [-0.3, -0.25) is 9.59 Å². The summed E-state index contributed by atoms with van der Waals surface area (Å²) >= 11 is 0. The average Bonchev–Trinajstić information content (AvgIpc) is 3.19. The van der Waals surface area contributed by atoms with Crippen molar-refractivity contribution < 1.29 is 14.3 Å².